The van der Waals surface area contributed by atoms with Gasteiger partial charge in [-0.15, -0.1) is 0 Å². The maximum Gasteiger partial charge on any atom is 0.355 e. The van der Waals surface area contributed by atoms with Gasteiger partial charge in [0, 0.05) is 16.8 Å². The Kier molecular flexibility index (Phi) is 8.39. The minimum absolute atomic E-state index is 0.182. The van der Waals surface area contributed by atoms with E-state index in [0.29, 0.717) is 22.8 Å². The van der Waals surface area contributed by atoms with Crippen LogP contribution in [0, 0.1) is 13.8 Å². The van der Waals surface area contributed by atoms with E-state index in [1.807, 2.05) is 0 Å². The Labute approximate surface area is 185 Å². The highest BCUT2D eigenvalue weighted by molar-refractivity contribution is 6.03. The fourth-order valence-electron chi connectivity index (χ4n) is 3.08. The summed E-state index contributed by atoms with van der Waals surface area (Å²) in [5.74, 6) is -1.53. The zero-order valence-corrected chi connectivity index (χ0v) is 18.6. The summed E-state index contributed by atoms with van der Waals surface area (Å²) in [4.78, 5) is 51.5. The maximum atomic E-state index is 12.5. The van der Waals surface area contributed by atoms with Gasteiger partial charge >= 0.3 is 11.9 Å². The second-order valence-electron chi connectivity index (χ2n) is 6.68. The molecule has 1 heterocycles. The molecule has 0 saturated heterocycles. The maximum absolute atomic E-state index is 12.5. The molecule has 2 rings (SSSR count). The number of carbonyl (C=O) groups excluding carboxylic acids is 4. The number of methoxy groups -OCH3 is 2. The van der Waals surface area contributed by atoms with Crippen LogP contribution in [0.15, 0.2) is 18.2 Å². The summed E-state index contributed by atoms with van der Waals surface area (Å²) in [5.41, 5.74) is 1.59. The van der Waals surface area contributed by atoms with Gasteiger partial charge in [-0.2, -0.15) is 0 Å². The number of Topliss-reactive ketones (excluding diaryl/α,β-unsaturated/α-hetero) is 1. The topological polar surface area (TPSA) is 133 Å². The van der Waals surface area contributed by atoms with Crippen LogP contribution in [0.2, 0.25) is 0 Å². The lowest BCUT2D eigenvalue weighted by Gasteiger charge is -2.10. The fourth-order valence-corrected chi connectivity index (χ4v) is 3.08. The Hall–Kier alpha value is -3.82. The number of aryl methyl sites for hydroxylation is 1. The molecule has 32 heavy (non-hydrogen) atoms. The van der Waals surface area contributed by atoms with Gasteiger partial charge in [-0.1, -0.05) is 0 Å². The third-order valence-electron chi connectivity index (χ3n) is 4.60. The van der Waals surface area contributed by atoms with Crippen molar-refractivity contribution < 1.29 is 38.1 Å². The number of carbonyl (C=O) groups is 4. The summed E-state index contributed by atoms with van der Waals surface area (Å²) in [6.45, 7) is 4.15. The van der Waals surface area contributed by atoms with Gasteiger partial charge in [-0.25, -0.2) is 4.79 Å². The molecule has 0 aliphatic heterocycles. The van der Waals surface area contributed by atoms with E-state index in [4.69, 9.17) is 18.9 Å². The molecule has 1 aromatic carbocycles. The van der Waals surface area contributed by atoms with Gasteiger partial charge < -0.3 is 29.2 Å². The number of hydrogen-bond acceptors (Lipinski definition) is 8. The van der Waals surface area contributed by atoms with Gasteiger partial charge in [-0.05, 0) is 44.5 Å². The molecule has 10 nitrogen and oxygen atoms in total. The summed E-state index contributed by atoms with van der Waals surface area (Å²) < 4.78 is 20.2. The minimum Gasteiger partial charge on any atom is -0.493 e. The van der Waals surface area contributed by atoms with Gasteiger partial charge in [0.05, 0.1) is 20.8 Å². The highest BCUT2D eigenvalue weighted by Crippen LogP contribution is 2.27. The molecule has 0 aliphatic carbocycles. The molecule has 172 valence electrons. The molecule has 0 aliphatic rings. The van der Waals surface area contributed by atoms with E-state index in [9.17, 15) is 19.2 Å². The highest BCUT2D eigenvalue weighted by atomic mass is 16.5. The van der Waals surface area contributed by atoms with Crippen LogP contribution in [0.1, 0.15) is 49.4 Å². The smallest absolute Gasteiger partial charge is 0.355 e. The monoisotopic (exact) mass is 446 g/mol. The van der Waals surface area contributed by atoms with E-state index in [1.54, 1.807) is 26.8 Å². The summed E-state index contributed by atoms with van der Waals surface area (Å²) in [6.07, 6.45) is 0. The zero-order valence-electron chi connectivity index (χ0n) is 18.6. The predicted octanol–water partition coefficient (Wildman–Crippen LogP) is 1.98. The Balaban J connectivity index is 1.93. The number of hydrogen-bond donors (Lipinski definition) is 2. The summed E-state index contributed by atoms with van der Waals surface area (Å²) in [5, 5.41) is 2.42. The molecule has 0 radical (unpaired) electrons. The van der Waals surface area contributed by atoms with Crippen molar-refractivity contribution in [3.63, 3.8) is 0 Å². The van der Waals surface area contributed by atoms with E-state index in [0.717, 1.165) is 0 Å². The van der Waals surface area contributed by atoms with Crippen molar-refractivity contribution in [1.29, 1.82) is 0 Å². The summed E-state index contributed by atoms with van der Waals surface area (Å²) >= 11 is 0. The SMILES string of the molecule is CCOC(=O)c1[nH]c(C)c(C(=O)COC(=O)CNC(=O)c2ccc(OC)c(OC)c2)c1C. The van der Waals surface area contributed by atoms with Crippen molar-refractivity contribution in [2.45, 2.75) is 20.8 Å². The molecule has 0 saturated carbocycles. The number of aromatic nitrogens is 1. The van der Waals surface area contributed by atoms with Crippen molar-refractivity contribution in [3.05, 3.63) is 46.3 Å². The van der Waals surface area contributed by atoms with Gasteiger partial charge in [0.2, 0.25) is 5.78 Å². The van der Waals surface area contributed by atoms with Gasteiger partial charge in [0.15, 0.2) is 18.1 Å². The first kappa shape index (κ1) is 24.4. The van der Waals surface area contributed by atoms with Crippen LogP contribution in [0.4, 0.5) is 0 Å². The number of rotatable bonds is 10. The molecule has 2 N–H and O–H groups in total. The average Bonchev–Trinajstić information content (AvgIpc) is 3.09. The molecule has 0 atom stereocenters. The average molecular weight is 446 g/mol. The molecule has 0 spiro atoms. The predicted molar refractivity (Wildman–Crippen MR) is 113 cm³/mol. The van der Waals surface area contributed by atoms with Crippen molar-refractivity contribution in [2.75, 3.05) is 34.0 Å². The number of ether oxygens (including phenoxy) is 4. The molecule has 10 heteroatoms. The Morgan fingerprint density at radius 2 is 1.69 bits per heavy atom. The Morgan fingerprint density at radius 3 is 2.31 bits per heavy atom. The first-order valence-corrected chi connectivity index (χ1v) is 9.78. The van der Waals surface area contributed by atoms with E-state index >= 15 is 0 Å². The molecule has 0 bridgehead atoms. The molecule has 0 fully saturated rings. The third kappa shape index (κ3) is 5.65. The third-order valence-corrected chi connectivity index (χ3v) is 4.60. The lowest BCUT2D eigenvalue weighted by molar-refractivity contribution is -0.141. The lowest BCUT2D eigenvalue weighted by Crippen LogP contribution is -2.31. The van der Waals surface area contributed by atoms with Crippen LogP contribution in [-0.4, -0.2) is 62.6 Å². The second-order valence-corrected chi connectivity index (χ2v) is 6.68. The van der Waals surface area contributed by atoms with Gasteiger partial charge in [0.1, 0.15) is 12.2 Å². The highest BCUT2D eigenvalue weighted by Gasteiger charge is 2.23. The first-order chi connectivity index (χ1) is 15.2. The van der Waals surface area contributed by atoms with Crippen LogP contribution < -0.4 is 14.8 Å². The number of ketones is 1. The number of amides is 1. The molecule has 1 aromatic heterocycles. The van der Waals surface area contributed by atoms with Crippen LogP contribution in [0.25, 0.3) is 0 Å². The standard InChI is InChI=1S/C22H26N2O8/c1-6-31-22(28)20-12(2)19(13(3)24-20)15(25)11-32-18(26)10-23-21(27)14-7-8-16(29-4)17(9-14)30-5/h7-9,24H,6,10-11H2,1-5H3,(H,23,27). The lowest BCUT2D eigenvalue weighted by atomic mass is 10.1. The van der Waals surface area contributed by atoms with Crippen LogP contribution >= 0.6 is 0 Å². The molecule has 0 unspecified atom stereocenters. The number of esters is 2. The normalized spacial score (nSPS) is 10.3. The van der Waals surface area contributed by atoms with Gasteiger partial charge in [0.25, 0.3) is 5.91 Å². The van der Waals surface area contributed by atoms with Crippen molar-refractivity contribution in [2.24, 2.45) is 0 Å². The molecule has 1 amide bonds. The minimum atomic E-state index is -0.788. The van der Waals surface area contributed by atoms with Gasteiger partial charge in [-0.3, -0.25) is 14.4 Å². The first-order valence-electron chi connectivity index (χ1n) is 9.78. The fraction of sp³-hybridized carbons (Fsp3) is 0.364. The molecular formula is C22H26N2O8. The summed E-state index contributed by atoms with van der Waals surface area (Å²) in [7, 11) is 2.92. The Bertz CT molecular complexity index is 1030. The largest absolute Gasteiger partial charge is 0.493 e. The molecule has 2 aromatic rings. The van der Waals surface area contributed by atoms with Crippen molar-refractivity contribution in [3.8, 4) is 11.5 Å². The quantitative estimate of drug-likeness (QED) is 0.418. The number of aromatic amines is 1. The van der Waals surface area contributed by atoms with Crippen LogP contribution in [-0.2, 0) is 14.3 Å². The van der Waals surface area contributed by atoms with E-state index in [-0.39, 0.29) is 23.4 Å². The Morgan fingerprint density at radius 1 is 1.00 bits per heavy atom. The number of H-pyrrole nitrogens is 1. The van der Waals surface area contributed by atoms with E-state index in [1.165, 1.54) is 26.4 Å². The number of benzene rings is 1. The van der Waals surface area contributed by atoms with Crippen LogP contribution in [0.5, 0.6) is 11.5 Å². The van der Waals surface area contributed by atoms with E-state index in [2.05, 4.69) is 10.3 Å². The van der Waals surface area contributed by atoms with Crippen molar-refractivity contribution in [1.82, 2.24) is 10.3 Å². The number of nitrogens with one attached hydrogen (secondary N) is 2. The summed E-state index contributed by atoms with van der Waals surface area (Å²) in [6, 6.07) is 4.56. The second kappa shape index (κ2) is 11.0. The van der Waals surface area contributed by atoms with Crippen molar-refractivity contribution >= 4 is 23.6 Å². The van der Waals surface area contributed by atoms with Crippen LogP contribution in [0.3, 0.4) is 0 Å². The zero-order chi connectivity index (χ0) is 23.8. The molecular weight excluding hydrogens is 420 g/mol. The van der Waals surface area contributed by atoms with E-state index < -0.39 is 36.8 Å².